The predicted molar refractivity (Wildman–Crippen MR) is 144 cm³/mol. The molecule has 184 valence electrons. The molecule has 0 heterocycles. The molecule has 0 radical (unpaired) electrons. The maximum atomic E-state index is 9.32. The summed E-state index contributed by atoms with van der Waals surface area (Å²) in [6.07, 6.45) is 3.32. The third-order valence-corrected chi connectivity index (χ3v) is 7.14. The van der Waals surface area contributed by atoms with Crippen molar-refractivity contribution in [3.8, 4) is 33.8 Å². The minimum absolute atomic E-state index is 0.0210. The van der Waals surface area contributed by atoms with Crippen LogP contribution in [0.2, 0.25) is 0 Å². The van der Waals surface area contributed by atoms with E-state index in [0.717, 1.165) is 46.6 Å². The molecule has 1 aliphatic carbocycles. The number of hydrogen-bond acceptors (Lipinski definition) is 4. The predicted octanol–water partition coefficient (Wildman–Crippen LogP) is 6.23. The van der Waals surface area contributed by atoms with Crippen molar-refractivity contribution < 1.29 is 19.7 Å². The first-order valence-corrected chi connectivity index (χ1v) is 12.6. The molecule has 1 saturated carbocycles. The lowest BCUT2D eigenvalue weighted by molar-refractivity contribution is 0.201. The van der Waals surface area contributed by atoms with Crippen LogP contribution in [0.15, 0.2) is 97.1 Å². The number of aliphatic hydroxyl groups is 2. The fraction of sp³-hybridized carbons (Fsp3) is 0.250. The third kappa shape index (κ3) is 4.75. The molecule has 1 aliphatic rings. The lowest BCUT2D eigenvalue weighted by Crippen LogP contribution is -2.35. The number of aliphatic hydroxyl groups excluding tert-OH is 2. The normalized spacial score (nSPS) is 14.2. The standard InChI is InChI=1S/C32H32O4/c33-18-20-35-30-14-12-26(22-28(30)24-8-3-1-4-9-24)32(16-7-17-32)27-13-15-31(36-21-19-34)29(23-27)25-10-5-2-6-11-25/h1-6,8-15,22-23,33-34H,7,16-21H2. The molecule has 5 rings (SSSR count). The zero-order valence-electron chi connectivity index (χ0n) is 20.4. The van der Waals surface area contributed by atoms with Gasteiger partial charge in [-0.15, -0.1) is 0 Å². The van der Waals surface area contributed by atoms with Crippen LogP contribution >= 0.6 is 0 Å². The van der Waals surface area contributed by atoms with Crippen molar-refractivity contribution in [1.29, 1.82) is 0 Å². The van der Waals surface area contributed by atoms with E-state index in [2.05, 4.69) is 48.5 Å². The second-order valence-electron chi connectivity index (χ2n) is 9.23. The van der Waals surface area contributed by atoms with E-state index in [1.54, 1.807) is 0 Å². The highest BCUT2D eigenvalue weighted by molar-refractivity contribution is 5.74. The van der Waals surface area contributed by atoms with Gasteiger partial charge in [0, 0.05) is 16.5 Å². The van der Waals surface area contributed by atoms with Crippen LogP contribution in [-0.4, -0.2) is 36.6 Å². The van der Waals surface area contributed by atoms with Gasteiger partial charge in [-0.05, 0) is 59.4 Å². The molecule has 2 N–H and O–H groups in total. The zero-order chi connectivity index (χ0) is 24.8. The first-order valence-electron chi connectivity index (χ1n) is 12.6. The van der Waals surface area contributed by atoms with Gasteiger partial charge in [-0.25, -0.2) is 0 Å². The first-order chi connectivity index (χ1) is 17.7. The maximum absolute atomic E-state index is 9.32. The Kier molecular flexibility index (Phi) is 7.36. The van der Waals surface area contributed by atoms with Crippen LogP contribution in [0.3, 0.4) is 0 Å². The molecule has 0 atom stereocenters. The Morgan fingerprint density at radius 2 is 1.03 bits per heavy atom. The lowest BCUT2D eigenvalue weighted by atomic mass is 9.60. The second-order valence-corrected chi connectivity index (χ2v) is 9.23. The Bertz CT molecular complexity index is 1180. The molecule has 0 aromatic heterocycles. The second kappa shape index (κ2) is 11.0. The van der Waals surface area contributed by atoms with Crippen LogP contribution in [-0.2, 0) is 5.41 Å². The highest BCUT2D eigenvalue weighted by Gasteiger charge is 2.41. The van der Waals surface area contributed by atoms with Gasteiger partial charge in [0.15, 0.2) is 0 Å². The topological polar surface area (TPSA) is 58.9 Å². The van der Waals surface area contributed by atoms with Gasteiger partial charge in [-0.1, -0.05) is 79.2 Å². The molecular formula is C32H32O4. The van der Waals surface area contributed by atoms with Crippen molar-refractivity contribution in [2.24, 2.45) is 0 Å². The van der Waals surface area contributed by atoms with E-state index in [1.165, 1.54) is 17.5 Å². The highest BCUT2D eigenvalue weighted by Crippen LogP contribution is 2.51. The van der Waals surface area contributed by atoms with E-state index < -0.39 is 0 Å². The molecule has 0 saturated heterocycles. The summed E-state index contributed by atoms with van der Waals surface area (Å²) in [7, 11) is 0. The highest BCUT2D eigenvalue weighted by atomic mass is 16.5. The molecule has 4 aromatic carbocycles. The Morgan fingerprint density at radius 1 is 0.583 bits per heavy atom. The zero-order valence-corrected chi connectivity index (χ0v) is 20.4. The van der Waals surface area contributed by atoms with Gasteiger partial charge in [0.05, 0.1) is 13.2 Å². The maximum Gasteiger partial charge on any atom is 0.127 e. The SMILES string of the molecule is OCCOc1ccc(C2(c3ccc(OCCO)c(-c4ccccc4)c3)CCC2)cc1-c1ccccc1. The Labute approximate surface area is 212 Å². The fourth-order valence-corrected chi connectivity index (χ4v) is 5.18. The van der Waals surface area contributed by atoms with Crippen LogP contribution < -0.4 is 9.47 Å². The van der Waals surface area contributed by atoms with Crippen molar-refractivity contribution >= 4 is 0 Å². The third-order valence-electron chi connectivity index (χ3n) is 7.14. The summed E-state index contributed by atoms with van der Waals surface area (Å²) in [4.78, 5) is 0. The van der Waals surface area contributed by atoms with Crippen LogP contribution in [0, 0.1) is 0 Å². The van der Waals surface area contributed by atoms with E-state index in [9.17, 15) is 10.2 Å². The summed E-state index contributed by atoms with van der Waals surface area (Å²) in [5.41, 5.74) is 6.73. The molecule has 4 nitrogen and oxygen atoms in total. The van der Waals surface area contributed by atoms with Crippen LogP contribution in [0.25, 0.3) is 22.3 Å². The van der Waals surface area contributed by atoms with Crippen molar-refractivity contribution in [3.05, 3.63) is 108 Å². The Balaban J connectivity index is 1.60. The molecule has 4 aromatic rings. The largest absolute Gasteiger partial charge is 0.491 e. The van der Waals surface area contributed by atoms with Gasteiger partial charge >= 0.3 is 0 Å². The smallest absolute Gasteiger partial charge is 0.127 e. The van der Waals surface area contributed by atoms with Crippen molar-refractivity contribution in [3.63, 3.8) is 0 Å². The Hall–Kier alpha value is -3.60. The van der Waals surface area contributed by atoms with Crippen LogP contribution in [0.4, 0.5) is 0 Å². The van der Waals surface area contributed by atoms with Gasteiger partial charge < -0.3 is 19.7 Å². The molecule has 36 heavy (non-hydrogen) atoms. The van der Waals surface area contributed by atoms with E-state index in [-0.39, 0.29) is 31.8 Å². The average Bonchev–Trinajstić information content (AvgIpc) is 2.91. The van der Waals surface area contributed by atoms with Gasteiger partial charge in [-0.2, -0.15) is 0 Å². The molecule has 0 bridgehead atoms. The van der Waals surface area contributed by atoms with Crippen LogP contribution in [0.5, 0.6) is 11.5 Å². The van der Waals surface area contributed by atoms with E-state index in [4.69, 9.17) is 9.47 Å². The van der Waals surface area contributed by atoms with Gasteiger partial charge in [-0.3, -0.25) is 0 Å². The quantitative estimate of drug-likeness (QED) is 0.282. The van der Waals surface area contributed by atoms with E-state index in [1.807, 2.05) is 48.5 Å². The molecule has 0 aliphatic heterocycles. The van der Waals surface area contributed by atoms with Crippen LogP contribution in [0.1, 0.15) is 30.4 Å². The van der Waals surface area contributed by atoms with E-state index >= 15 is 0 Å². The fourth-order valence-electron chi connectivity index (χ4n) is 5.18. The minimum Gasteiger partial charge on any atom is -0.491 e. The van der Waals surface area contributed by atoms with Crippen molar-refractivity contribution in [2.75, 3.05) is 26.4 Å². The average molecular weight is 481 g/mol. The number of ether oxygens (including phenoxy) is 2. The van der Waals surface area contributed by atoms with Crippen molar-refractivity contribution in [2.45, 2.75) is 24.7 Å². The summed E-state index contributed by atoms with van der Waals surface area (Å²) in [5, 5.41) is 18.6. The molecule has 1 fully saturated rings. The van der Waals surface area contributed by atoms with Gasteiger partial charge in [0.2, 0.25) is 0 Å². The summed E-state index contributed by atoms with van der Waals surface area (Å²) in [6.45, 7) is 0.486. The summed E-state index contributed by atoms with van der Waals surface area (Å²) < 4.78 is 11.8. The molecule has 4 heteroatoms. The molecule has 0 spiro atoms. The van der Waals surface area contributed by atoms with Gasteiger partial charge in [0.1, 0.15) is 24.7 Å². The number of benzene rings is 4. The molecule has 0 amide bonds. The molecular weight excluding hydrogens is 448 g/mol. The summed E-state index contributed by atoms with van der Waals surface area (Å²) in [6, 6.07) is 33.5. The lowest BCUT2D eigenvalue weighted by Gasteiger charge is -2.44. The Morgan fingerprint density at radius 3 is 1.39 bits per heavy atom. The number of rotatable bonds is 10. The molecule has 0 unspecified atom stereocenters. The minimum atomic E-state index is -0.0852. The first kappa shape index (κ1) is 24.1. The van der Waals surface area contributed by atoms with Gasteiger partial charge in [0.25, 0.3) is 0 Å². The summed E-state index contributed by atoms with van der Waals surface area (Å²) in [5.74, 6) is 1.57. The van der Waals surface area contributed by atoms with Crippen molar-refractivity contribution in [1.82, 2.24) is 0 Å². The van der Waals surface area contributed by atoms with E-state index in [0.29, 0.717) is 0 Å². The number of hydrogen-bond donors (Lipinski definition) is 2. The monoisotopic (exact) mass is 480 g/mol. The summed E-state index contributed by atoms with van der Waals surface area (Å²) >= 11 is 0.